The average molecular weight is 184 g/mol. The molecule has 2 heteroatoms. The second kappa shape index (κ2) is 3.08. The largest absolute Gasteiger partial charge is 0.389 e. The fourth-order valence-electron chi connectivity index (χ4n) is 2.45. The second-order valence-electron chi connectivity index (χ2n) is 4.08. The zero-order valence-corrected chi connectivity index (χ0v) is 8.15. The lowest BCUT2D eigenvalue weighted by Gasteiger charge is -2.35. The molecule has 2 saturated heterocycles. The number of fused-ring (bicyclic) bond motifs is 2. The van der Waals surface area contributed by atoms with E-state index in [2.05, 4.69) is 18.3 Å². The molecule has 2 unspecified atom stereocenters. The molecule has 2 heterocycles. The van der Waals surface area contributed by atoms with E-state index in [9.17, 15) is 5.11 Å². The van der Waals surface area contributed by atoms with Crippen molar-refractivity contribution in [2.45, 2.75) is 48.2 Å². The highest BCUT2D eigenvalue weighted by molar-refractivity contribution is 8.00. The molecule has 2 aliphatic heterocycles. The second-order valence-corrected chi connectivity index (χ2v) is 5.69. The Kier molecular flexibility index (Phi) is 2.21. The van der Waals surface area contributed by atoms with Gasteiger partial charge < -0.3 is 5.11 Å². The number of hydrogen-bond acceptors (Lipinski definition) is 2. The summed E-state index contributed by atoms with van der Waals surface area (Å²) in [6.45, 7) is 3.70. The first-order valence-corrected chi connectivity index (χ1v) is 5.65. The van der Waals surface area contributed by atoms with Gasteiger partial charge in [0.2, 0.25) is 0 Å². The maximum absolute atomic E-state index is 10.2. The summed E-state index contributed by atoms with van der Waals surface area (Å²) >= 11 is 2.09. The van der Waals surface area contributed by atoms with E-state index in [1.165, 1.54) is 12.8 Å². The molecule has 12 heavy (non-hydrogen) atoms. The van der Waals surface area contributed by atoms with Crippen LogP contribution in [0.15, 0.2) is 12.7 Å². The summed E-state index contributed by atoms with van der Waals surface area (Å²) in [5.41, 5.74) is -0.404. The number of rotatable bonds is 2. The summed E-state index contributed by atoms with van der Waals surface area (Å²) in [6.07, 6.45) is 7.24. The van der Waals surface area contributed by atoms with Crippen molar-refractivity contribution in [2.24, 2.45) is 0 Å². The number of aliphatic hydroxyl groups is 1. The van der Waals surface area contributed by atoms with Gasteiger partial charge in [-0.25, -0.2) is 0 Å². The summed E-state index contributed by atoms with van der Waals surface area (Å²) in [7, 11) is 0. The molecular formula is C10H16OS. The topological polar surface area (TPSA) is 20.2 Å². The van der Waals surface area contributed by atoms with E-state index in [1.54, 1.807) is 0 Å². The van der Waals surface area contributed by atoms with Gasteiger partial charge in [-0.05, 0) is 32.1 Å². The summed E-state index contributed by atoms with van der Waals surface area (Å²) in [5.74, 6) is 0. The third-order valence-electron chi connectivity index (χ3n) is 2.94. The van der Waals surface area contributed by atoms with Gasteiger partial charge in [0.15, 0.2) is 0 Å². The molecule has 2 fully saturated rings. The molecule has 68 valence electrons. The van der Waals surface area contributed by atoms with Crippen molar-refractivity contribution in [3.63, 3.8) is 0 Å². The Morgan fingerprint density at radius 2 is 2.00 bits per heavy atom. The molecule has 1 N–H and O–H groups in total. The molecule has 2 rings (SSSR count). The third kappa shape index (κ3) is 1.55. The van der Waals surface area contributed by atoms with E-state index in [0.29, 0.717) is 0 Å². The first-order valence-electron chi connectivity index (χ1n) is 4.71. The van der Waals surface area contributed by atoms with Crippen LogP contribution >= 0.6 is 11.8 Å². The quantitative estimate of drug-likeness (QED) is 0.665. The Morgan fingerprint density at radius 1 is 1.42 bits per heavy atom. The number of hydrogen-bond donors (Lipinski definition) is 1. The minimum absolute atomic E-state index is 0.404. The Labute approximate surface area is 78.2 Å². The molecule has 0 spiro atoms. The molecule has 2 bridgehead atoms. The molecule has 1 nitrogen and oxygen atoms in total. The van der Waals surface area contributed by atoms with Gasteiger partial charge in [-0.3, -0.25) is 0 Å². The smallest absolute Gasteiger partial charge is 0.0703 e. The monoisotopic (exact) mass is 184 g/mol. The Bertz CT molecular complexity index is 178. The highest BCUT2D eigenvalue weighted by Gasteiger charge is 2.42. The van der Waals surface area contributed by atoms with Gasteiger partial charge >= 0.3 is 0 Å². The van der Waals surface area contributed by atoms with E-state index in [4.69, 9.17) is 0 Å². The van der Waals surface area contributed by atoms with Crippen molar-refractivity contribution in [3.8, 4) is 0 Å². The van der Waals surface area contributed by atoms with Gasteiger partial charge in [-0.2, -0.15) is 11.8 Å². The first kappa shape index (κ1) is 8.64. The molecule has 0 aromatic rings. The normalized spacial score (nSPS) is 46.1. The van der Waals surface area contributed by atoms with Crippen molar-refractivity contribution in [2.75, 3.05) is 0 Å². The molecule has 2 aliphatic rings. The van der Waals surface area contributed by atoms with Crippen molar-refractivity contribution in [1.29, 1.82) is 0 Å². The highest BCUT2D eigenvalue weighted by atomic mass is 32.2. The van der Waals surface area contributed by atoms with Crippen molar-refractivity contribution >= 4 is 11.8 Å². The summed E-state index contributed by atoms with van der Waals surface area (Å²) in [5, 5.41) is 11.6. The minimum atomic E-state index is -0.404. The van der Waals surface area contributed by atoms with Gasteiger partial charge in [0.05, 0.1) is 5.60 Å². The SMILES string of the molecule is C=CCC1(O)CC2CCC(C1)S2. The van der Waals surface area contributed by atoms with Gasteiger partial charge in [-0.1, -0.05) is 6.08 Å². The third-order valence-corrected chi connectivity index (χ3v) is 4.51. The standard InChI is InChI=1S/C10H16OS/c1-2-5-10(11)6-8-3-4-9(7-10)12-8/h2,8-9,11H,1,3-7H2. The lowest BCUT2D eigenvalue weighted by atomic mass is 9.90. The zero-order chi connectivity index (χ0) is 8.60. The van der Waals surface area contributed by atoms with E-state index in [1.807, 2.05) is 6.08 Å². The Morgan fingerprint density at radius 3 is 2.50 bits per heavy atom. The van der Waals surface area contributed by atoms with Crippen LogP contribution in [-0.2, 0) is 0 Å². The van der Waals surface area contributed by atoms with Gasteiger partial charge in [0, 0.05) is 10.5 Å². The van der Waals surface area contributed by atoms with Crippen LogP contribution in [0.25, 0.3) is 0 Å². The van der Waals surface area contributed by atoms with Crippen LogP contribution in [0.4, 0.5) is 0 Å². The maximum atomic E-state index is 10.2. The molecule has 0 saturated carbocycles. The summed E-state index contributed by atoms with van der Waals surface area (Å²) in [6, 6.07) is 0. The zero-order valence-electron chi connectivity index (χ0n) is 7.33. The van der Waals surface area contributed by atoms with Crippen LogP contribution in [-0.4, -0.2) is 21.2 Å². The highest BCUT2D eigenvalue weighted by Crippen LogP contribution is 2.48. The van der Waals surface area contributed by atoms with Gasteiger partial charge in [-0.15, -0.1) is 6.58 Å². The Hall–Kier alpha value is 0.0500. The minimum Gasteiger partial charge on any atom is -0.389 e. The Balaban J connectivity index is 2.04. The van der Waals surface area contributed by atoms with Crippen LogP contribution in [0, 0.1) is 0 Å². The molecule has 0 aromatic heterocycles. The average Bonchev–Trinajstić information content (AvgIpc) is 2.31. The summed E-state index contributed by atoms with van der Waals surface area (Å²) in [4.78, 5) is 0. The predicted octanol–water partition coefficient (Wildman–Crippen LogP) is 2.35. The van der Waals surface area contributed by atoms with Crippen LogP contribution in [0.5, 0.6) is 0 Å². The summed E-state index contributed by atoms with van der Waals surface area (Å²) < 4.78 is 0. The lowest BCUT2D eigenvalue weighted by molar-refractivity contribution is 0.0269. The van der Waals surface area contributed by atoms with E-state index >= 15 is 0 Å². The fraction of sp³-hybridized carbons (Fsp3) is 0.800. The van der Waals surface area contributed by atoms with Crippen LogP contribution in [0.1, 0.15) is 32.1 Å². The van der Waals surface area contributed by atoms with Crippen LogP contribution in [0.3, 0.4) is 0 Å². The molecular weight excluding hydrogens is 168 g/mol. The maximum Gasteiger partial charge on any atom is 0.0703 e. The van der Waals surface area contributed by atoms with E-state index in [-0.39, 0.29) is 0 Å². The van der Waals surface area contributed by atoms with Crippen LogP contribution in [0.2, 0.25) is 0 Å². The molecule has 0 aromatic carbocycles. The fourth-order valence-corrected chi connectivity index (χ4v) is 4.35. The van der Waals surface area contributed by atoms with Crippen molar-refractivity contribution in [3.05, 3.63) is 12.7 Å². The van der Waals surface area contributed by atoms with E-state index in [0.717, 1.165) is 29.8 Å². The lowest BCUT2D eigenvalue weighted by Crippen LogP contribution is -2.36. The first-order chi connectivity index (χ1) is 5.72. The predicted molar refractivity (Wildman–Crippen MR) is 53.4 cm³/mol. The van der Waals surface area contributed by atoms with Crippen LogP contribution < -0.4 is 0 Å². The van der Waals surface area contributed by atoms with Gasteiger partial charge in [0.1, 0.15) is 0 Å². The molecule has 0 amide bonds. The van der Waals surface area contributed by atoms with E-state index < -0.39 is 5.60 Å². The molecule has 0 radical (unpaired) electrons. The van der Waals surface area contributed by atoms with Gasteiger partial charge in [0.25, 0.3) is 0 Å². The van der Waals surface area contributed by atoms with Crippen molar-refractivity contribution < 1.29 is 5.11 Å². The molecule has 2 atom stereocenters. The number of thioether (sulfide) groups is 1. The van der Waals surface area contributed by atoms with Crippen molar-refractivity contribution in [1.82, 2.24) is 0 Å². The molecule has 0 aliphatic carbocycles.